The Labute approximate surface area is 87.3 Å². The lowest BCUT2D eigenvalue weighted by Gasteiger charge is -1.97. The number of fused-ring (bicyclic) bond motifs is 1. The average molecular weight is 263 g/mol. The standard InChI is InChI=1S/C8H5BrClNS/c9-8-4-3-7(10)12-6(4)2-1-5(8)11/h1-3H,11H2. The van der Waals surface area contributed by atoms with Gasteiger partial charge in [-0.25, -0.2) is 0 Å². The fourth-order valence-electron chi connectivity index (χ4n) is 1.06. The quantitative estimate of drug-likeness (QED) is 0.716. The molecule has 0 radical (unpaired) electrons. The smallest absolute Gasteiger partial charge is 0.0941 e. The summed E-state index contributed by atoms with van der Waals surface area (Å²) in [6.07, 6.45) is 0. The molecule has 1 aromatic heterocycles. The van der Waals surface area contributed by atoms with Crippen molar-refractivity contribution in [3.8, 4) is 0 Å². The van der Waals surface area contributed by atoms with E-state index in [1.54, 1.807) is 11.3 Å². The molecule has 62 valence electrons. The maximum Gasteiger partial charge on any atom is 0.0941 e. The Balaban J connectivity index is 2.89. The Hall–Kier alpha value is -0.250. The third kappa shape index (κ3) is 1.22. The fourth-order valence-corrected chi connectivity index (χ4v) is 2.81. The summed E-state index contributed by atoms with van der Waals surface area (Å²) >= 11 is 10.8. The number of hydrogen-bond acceptors (Lipinski definition) is 2. The van der Waals surface area contributed by atoms with Crippen molar-refractivity contribution in [3.05, 3.63) is 27.0 Å². The third-order valence-corrected chi connectivity index (χ3v) is 3.75. The Bertz CT molecular complexity index is 438. The lowest BCUT2D eigenvalue weighted by atomic mass is 10.2. The van der Waals surface area contributed by atoms with E-state index in [-0.39, 0.29) is 0 Å². The van der Waals surface area contributed by atoms with Gasteiger partial charge >= 0.3 is 0 Å². The molecule has 0 fully saturated rings. The molecule has 4 heteroatoms. The lowest BCUT2D eigenvalue weighted by Crippen LogP contribution is -1.84. The van der Waals surface area contributed by atoms with Crippen LogP contribution < -0.4 is 5.73 Å². The number of nitrogen functional groups attached to an aromatic ring is 1. The van der Waals surface area contributed by atoms with Crippen molar-refractivity contribution in [2.45, 2.75) is 0 Å². The van der Waals surface area contributed by atoms with E-state index in [9.17, 15) is 0 Å². The molecule has 1 aromatic carbocycles. The molecular formula is C8H5BrClNS. The van der Waals surface area contributed by atoms with Gasteiger partial charge in [0.15, 0.2) is 0 Å². The molecule has 0 bridgehead atoms. The minimum Gasteiger partial charge on any atom is -0.398 e. The third-order valence-electron chi connectivity index (χ3n) is 1.63. The number of benzene rings is 1. The molecule has 0 saturated heterocycles. The van der Waals surface area contributed by atoms with Gasteiger partial charge in [0.05, 0.1) is 4.34 Å². The van der Waals surface area contributed by atoms with Gasteiger partial charge in [0, 0.05) is 20.2 Å². The largest absolute Gasteiger partial charge is 0.398 e. The average Bonchev–Trinajstić information content (AvgIpc) is 2.39. The zero-order valence-corrected chi connectivity index (χ0v) is 9.13. The van der Waals surface area contributed by atoms with Crippen LogP contribution in [0.15, 0.2) is 22.7 Å². The first kappa shape index (κ1) is 8.35. The van der Waals surface area contributed by atoms with Crippen LogP contribution in [-0.4, -0.2) is 0 Å². The minimum absolute atomic E-state index is 0.747. The van der Waals surface area contributed by atoms with E-state index in [2.05, 4.69) is 15.9 Å². The van der Waals surface area contributed by atoms with Gasteiger partial charge in [0.25, 0.3) is 0 Å². The van der Waals surface area contributed by atoms with Gasteiger partial charge in [-0.05, 0) is 34.1 Å². The molecule has 1 heterocycles. The normalized spacial score (nSPS) is 10.8. The molecular weight excluding hydrogens is 258 g/mol. The van der Waals surface area contributed by atoms with Crippen LogP contribution in [0.3, 0.4) is 0 Å². The summed E-state index contributed by atoms with van der Waals surface area (Å²) in [5.41, 5.74) is 6.46. The topological polar surface area (TPSA) is 26.0 Å². The zero-order chi connectivity index (χ0) is 8.72. The Morgan fingerprint density at radius 1 is 1.42 bits per heavy atom. The summed E-state index contributed by atoms with van der Waals surface area (Å²) in [6.45, 7) is 0. The van der Waals surface area contributed by atoms with Gasteiger partial charge in [0.2, 0.25) is 0 Å². The number of thiophene rings is 1. The molecule has 0 aliphatic carbocycles. The van der Waals surface area contributed by atoms with E-state index in [1.807, 2.05) is 18.2 Å². The van der Waals surface area contributed by atoms with Crippen LogP contribution in [0.25, 0.3) is 10.1 Å². The molecule has 1 nitrogen and oxygen atoms in total. The van der Waals surface area contributed by atoms with E-state index in [0.717, 1.165) is 24.6 Å². The monoisotopic (exact) mass is 261 g/mol. The summed E-state index contributed by atoms with van der Waals surface area (Å²) in [6, 6.07) is 5.77. The van der Waals surface area contributed by atoms with E-state index in [0.29, 0.717) is 0 Å². The van der Waals surface area contributed by atoms with E-state index >= 15 is 0 Å². The predicted molar refractivity (Wildman–Crippen MR) is 58.9 cm³/mol. The molecule has 0 spiro atoms. The fraction of sp³-hybridized carbons (Fsp3) is 0. The van der Waals surface area contributed by atoms with Gasteiger partial charge in [0.1, 0.15) is 0 Å². The second-order valence-electron chi connectivity index (χ2n) is 2.43. The van der Waals surface area contributed by atoms with Crippen molar-refractivity contribution in [2.24, 2.45) is 0 Å². The van der Waals surface area contributed by atoms with Crippen LogP contribution in [0.2, 0.25) is 4.34 Å². The first-order valence-corrected chi connectivity index (χ1v) is 5.30. The van der Waals surface area contributed by atoms with Crippen LogP contribution in [0.1, 0.15) is 0 Å². The number of hydrogen-bond donors (Lipinski definition) is 1. The molecule has 2 aromatic rings. The van der Waals surface area contributed by atoms with Gasteiger partial charge in [-0.2, -0.15) is 0 Å². The summed E-state index contributed by atoms with van der Waals surface area (Å²) in [5, 5.41) is 1.09. The molecule has 2 rings (SSSR count). The highest BCUT2D eigenvalue weighted by molar-refractivity contribution is 9.10. The van der Waals surface area contributed by atoms with Crippen molar-refractivity contribution in [3.63, 3.8) is 0 Å². The highest BCUT2D eigenvalue weighted by Gasteiger charge is 2.05. The van der Waals surface area contributed by atoms with Gasteiger partial charge in [-0.3, -0.25) is 0 Å². The number of halogens is 2. The second kappa shape index (κ2) is 2.91. The SMILES string of the molecule is Nc1ccc2sc(Cl)cc2c1Br. The highest BCUT2D eigenvalue weighted by atomic mass is 79.9. The first-order valence-electron chi connectivity index (χ1n) is 3.31. The lowest BCUT2D eigenvalue weighted by molar-refractivity contribution is 1.73. The maximum atomic E-state index is 5.86. The van der Waals surface area contributed by atoms with Gasteiger partial charge < -0.3 is 5.73 Å². The van der Waals surface area contributed by atoms with Crippen LogP contribution in [-0.2, 0) is 0 Å². The van der Waals surface area contributed by atoms with Crippen LogP contribution in [0.5, 0.6) is 0 Å². The van der Waals surface area contributed by atoms with E-state index < -0.39 is 0 Å². The van der Waals surface area contributed by atoms with E-state index in [1.165, 1.54) is 0 Å². The molecule has 0 aliphatic rings. The summed E-state index contributed by atoms with van der Waals surface area (Å²) in [5.74, 6) is 0. The van der Waals surface area contributed by atoms with Crippen molar-refractivity contribution in [2.75, 3.05) is 5.73 Å². The molecule has 0 unspecified atom stereocenters. The number of anilines is 1. The Morgan fingerprint density at radius 2 is 2.17 bits per heavy atom. The van der Waals surface area contributed by atoms with Gasteiger partial charge in [-0.1, -0.05) is 11.6 Å². The number of rotatable bonds is 0. The van der Waals surface area contributed by atoms with Crippen LogP contribution >= 0.6 is 38.9 Å². The molecule has 12 heavy (non-hydrogen) atoms. The van der Waals surface area contributed by atoms with Gasteiger partial charge in [-0.15, -0.1) is 11.3 Å². The molecule has 0 saturated carbocycles. The summed E-state index contributed by atoms with van der Waals surface area (Å²) < 4.78 is 2.88. The van der Waals surface area contributed by atoms with Crippen molar-refractivity contribution >= 4 is 54.6 Å². The van der Waals surface area contributed by atoms with Crippen molar-refractivity contribution < 1.29 is 0 Å². The Morgan fingerprint density at radius 3 is 2.92 bits per heavy atom. The van der Waals surface area contributed by atoms with E-state index in [4.69, 9.17) is 17.3 Å². The van der Waals surface area contributed by atoms with Crippen molar-refractivity contribution in [1.82, 2.24) is 0 Å². The predicted octanol–water partition coefficient (Wildman–Crippen LogP) is 3.90. The molecule has 2 N–H and O–H groups in total. The minimum atomic E-state index is 0.747. The van der Waals surface area contributed by atoms with Crippen LogP contribution in [0.4, 0.5) is 5.69 Å². The second-order valence-corrected chi connectivity index (χ2v) is 4.94. The van der Waals surface area contributed by atoms with Crippen LogP contribution in [0, 0.1) is 0 Å². The Kier molecular flexibility index (Phi) is 2.02. The maximum absolute atomic E-state index is 5.86. The van der Waals surface area contributed by atoms with Crippen molar-refractivity contribution in [1.29, 1.82) is 0 Å². The summed E-state index contributed by atoms with van der Waals surface area (Å²) in [7, 11) is 0. The first-order chi connectivity index (χ1) is 5.68. The molecule has 0 aliphatic heterocycles. The molecule has 0 amide bonds. The summed E-state index contributed by atoms with van der Waals surface area (Å²) in [4.78, 5) is 0. The highest BCUT2D eigenvalue weighted by Crippen LogP contribution is 2.36. The number of nitrogens with two attached hydrogens (primary N) is 1. The molecule has 0 atom stereocenters. The zero-order valence-electron chi connectivity index (χ0n) is 5.97.